The summed E-state index contributed by atoms with van der Waals surface area (Å²) < 4.78 is 14.3. The van der Waals surface area contributed by atoms with Crippen molar-refractivity contribution in [1.82, 2.24) is 10.5 Å². The van der Waals surface area contributed by atoms with Gasteiger partial charge in [-0.2, -0.15) is 0 Å². The van der Waals surface area contributed by atoms with Gasteiger partial charge in [-0.25, -0.2) is 14.9 Å². The van der Waals surface area contributed by atoms with Gasteiger partial charge in [0, 0.05) is 11.1 Å². The first-order valence-corrected chi connectivity index (χ1v) is 9.35. The number of amides is 1. The Labute approximate surface area is 164 Å². The minimum Gasteiger partial charge on any atom is -0.394 e. The van der Waals surface area contributed by atoms with E-state index < -0.39 is 24.4 Å². The fourth-order valence-electron chi connectivity index (χ4n) is 2.54. The van der Waals surface area contributed by atoms with Crippen molar-refractivity contribution in [2.75, 3.05) is 18.5 Å². The fourth-order valence-corrected chi connectivity index (χ4v) is 3.66. The second-order valence-corrected chi connectivity index (χ2v) is 7.30. The Morgan fingerprint density at radius 3 is 2.82 bits per heavy atom. The number of fused-ring (bicyclic) bond motifs is 1. The maximum Gasteiger partial charge on any atom is 0.278 e. The predicted octanol–water partition coefficient (Wildman–Crippen LogP) is 2.81. The third-order valence-electron chi connectivity index (χ3n) is 3.95. The van der Waals surface area contributed by atoms with Crippen molar-refractivity contribution in [3.63, 3.8) is 0 Å². The Bertz CT molecular complexity index is 1010. The molecule has 0 aliphatic carbocycles. The van der Waals surface area contributed by atoms with Crippen molar-refractivity contribution in [3.8, 4) is 0 Å². The van der Waals surface area contributed by atoms with Crippen molar-refractivity contribution in [1.29, 1.82) is 0 Å². The number of hydrogen-bond donors (Lipinski definition) is 4. The lowest BCUT2D eigenvalue weighted by Gasteiger charge is -2.11. The summed E-state index contributed by atoms with van der Waals surface area (Å²) in [4.78, 5) is 22.7. The van der Waals surface area contributed by atoms with E-state index in [1.807, 2.05) is 6.92 Å². The molecule has 0 radical (unpaired) electrons. The molecule has 0 bridgehead atoms. The minimum atomic E-state index is -1.11. The summed E-state index contributed by atoms with van der Waals surface area (Å²) in [7, 11) is 0. The van der Waals surface area contributed by atoms with E-state index in [4.69, 9.17) is 9.94 Å². The molecular weight excluding hydrogens is 385 g/mol. The van der Waals surface area contributed by atoms with Crippen molar-refractivity contribution >= 4 is 38.1 Å². The molecule has 0 fully saturated rings. The highest BCUT2D eigenvalue weighted by atomic mass is 32.1. The van der Waals surface area contributed by atoms with Crippen LogP contribution in [0.4, 0.5) is 15.1 Å². The van der Waals surface area contributed by atoms with Crippen LogP contribution < -0.4 is 10.8 Å². The average Bonchev–Trinajstić information content (AvgIpc) is 3.00. The molecule has 0 spiro atoms. The van der Waals surface area contributed by atoms with Gasteiger partial charge in [0.05, 0.1) is 17.9 Å². The van der Waals surface area contributed by atoms with Crippen molar-refractivity contribution in [3.05, 3.63) is 53.0 Å². The van der Waals surface area contributed by atoms with Gasteiger partial charge in [0.1, 0.15) is 28.4 Å². The van der Waals surface area contributed by atoms with E-state index in [-0.39, 0.29) is 17.9 Å². The molecule has 3 aromatic rings. The van der Waals surface area contributed by atoms with Crippen LogP contribution in [0.1, 0.15) is 21.6 Å². The first kappa shape index (κ1) is 20.2. The number of carbonyl (C=O) groups excluding carboxylic acids is 1. The number of thiophene rings is 1. The van der Waals surface area contributed by atoms with E-state index >= 15 is 0 Å². The number of carbonyl (C=O) groups is 1. The third kappa shape index (κ3) is 4.45. The largest absolute Gasteiger partial charge is 0.394 e. The molecule has 9 heteroatoms. The number of nitrogens with one attached hydrogen (secondary N) is 2. The Hall–Kier alpha value is -2.59. The van der Waals surface area contributed by atoms with Gasteiger partial charge < -0.3 is 15.5 Å². The van der Waals surface area contributed by atoms with E-state index in [1.54, 1.807) is 31.2 Å². The molecule has 28 heavy (non-hydrogen) atoms. The number of anilines is 2. The molecule has 1 atom stereocenters. The van der Waals surface area contributed by atoms with E-state index in [9.17, 15) is 14.3 Å². The normalized spacial score (nSPS) is 12.2. The van der Waals surface area contributed by atoms with Crippen LogP contribution in [-0.4, -0.2) is 40.4 Å². The zero-order chi connectivity index (χ0) is 20.3. The van der Waals surface area contributed by atoms with Crippen LogP contribution in [0.25, 0.3) is 10.2 Å². The molecule has 0 saturated carbocycles. The lowest BCUT2D eigenvalue weighted by molar-refractivity contribution is -0.0294. The van der Waals surface area contributed by atoms with Crippen molar-refractivity contribution < 1.29 is 24.2 Å². The van der Waals surface area contributed by atoms with E-state index in [0.29, 0.717) is 15.2 Å². The first-order chi connectivity index (χ1) is 13.4. The molecule has 2 aromatic heterocycles. The molecule has 148 valence electrons. The molecule has 1 amide bonds. The molecule has 0 aliphatic heterocycles. The fraction of sp³-hybridized carbons (Fsp3) is 0.263. The summed E-state index contributed by atoms with van der Waals surface area (Å²) in [5, 5.41) is 22.1. The summed E-state index contributed by atoms with van der Waals surface area (Å²) >= 11 is 1.22. The van der Waals surface area contributed by atoms with Gasteiger partial charge in [-0.05, 0) is 43.7 Å². The number of aliphatic hydroxyl groups is 2. The SMILES string of the molecule is Cc1ccc(Nc2sc3nc(C)ccc3c2C(=O)NOC[C@@H](O)CO)c(F)c1. The number of nitrogens with zero attached hydrogens (tertiary/aromatic N) is 1. The monoisotopic (exact) mass is 405 g/mol. The lowest BCUT2D eigenvalue weighted by Crippen LogP contribution is -2.30. The third-order valence-corrected chi connectivity index (χ3v) is 4.96. The van der Waals surface area contributed by atoms with E-state index in [0.717, 1.165) is 11.3 Å². The summed E-state index contributed by atoms with van der Waals surface area (Å²) in [5.74, 6) is -1.01. The first-order valence-electron chi connectivity index (χ1n) is 8.53. The summed E-state index contributed by atoms with van der Waals surface area (Å²) in [6.45, 7) is 2.87. The Kier molecular flexibility index (Phi) is 6.20. The molecule has 3 rings (SSSR count). The van der Waals surface area contributed by atoms with Crippen molar-refractivity contribution in [2.24, 2.45) is 0 Å². The minimum absolute atomic E-state index is 0.236. The highest BCUT2D eigenvalue weighted by molar-refractivity contribution is 7.23. The number of hydroxylamine groups is 1. The molecule has 4 N–H and O–H groups in total. The molecule has 2 heterocycles. The number of aryl methyl sites for hydroxylation is 2. The van der Waals surface area contributed by atoms with Crippen molar-refractivity contribution in [2.45, 2.75) is 20.0 Å². The van der Waals surface area contributed by atoms with Crippen LogP contribution in [-0.2, 0) is 4.84 Å². The Morgan fingerprint density at radius 2 is 2.11 bits per heavy atom. The van der Waals surface area contributed by atoms with E-state index in [1.165, 1.54) is 17.4 Å². The zero-order valence-corrected chi connectivity index (χ0v) is 16.1. The second kappa shape index (κ2) is 8.61. The van der Waals surface area contributed by atoms with Gasteiger partial charge in [-0.1, -0.05) is 17.4 Å². The Morgan fingerprint density at radius 1 is 1.32 bits per heavy atom. The number of rotatable bonds is 7. The molecule has 0 saturated heterocycles. The standard InChI is InChI=1S/C19H20FN3O4S/c1-10-3-6-15(14(20)7-10)22-19-16(17(26)23-27-9-12(25)8-24)13-5-4-11(2)21-18(13)28-19/h3-7,12,22,24-25H,8-9H2,1-2H3,(H,23,26)/t12-/m0/s1. The van der Waals surface area contributed by atoms with Crippen LogP contribution in [0, 0.1) is 19.7 Å². The summed E-state index contributed by atoms with van der Waals surface area (Å²) in [5.41, 5.74) is 4.30. The van der Waals surface area contributed by atoms with Crippen LogP contribution >= 0.6 is 11.3 Å². The number of hydrogen-bond acceptors (Lipinski definition) is 7. The van der Waals surface area contributed by atoms with Crippen LogP contribution in [0.15, 0.2) is 30.3 Å². The number of aromatic nitrogens is 1. The molecule has 0 aliphatic rings. The lowest BCUT2D eigenvalue weighted by atomic mass is 10.1. The topological polar surface area (TPSA) is 104 Å². The maximum absolute atomic E-state index is 14.3. The zero-order valence-electron chi connectivity index (χ0n) is 15.3. The van der Waals surface area contributed by atoms with Gasteiger partial charge >= 0.3 is 0 Å². The van der Waals surface area contributed by atoms with Gasteiger partial charge in [-0.3, -0.25) is 9.63 Å². The number of aliphatic hydroxyl groups excluding tert-OH is 2. The van der Waals surface area contributed by atoms with Crippen LogP contribution in [0.5, 0.6) is 0 Å². The van der Waals surface area contributed by atoms with Gasteiger partial charge in [0.2, 0.25) is 0 Å². The second-order valence-electron chi connectivity index (χ2n) is 6.30. The van der Waals surface area contributed by atoms with Crippen LogP contribution in [0.2, 0.25) is 0 Å². The predicted molar refractivity (Wildman–Crippen MR) is 105 cm³/mol. The number of pyridine rings is 1. The van der Waals surface area contributed by atoms with Crippen LogP contribution in [0.3, 0.4) is 0 Å². The average molecular weight is 405 g/mol. The number of benzene rings is 1. The molecular formula is C19H20FN3O4S. The van der Waals surface area contributed by atoms with Gasteiger partial charge in [0.25, 0.3) is 5.91 Å². The quantitative estimate of drug-likeness (QED) is 0.451. The summed E-state index contributed by atoms with van der Waals surface area (Å²) in [6, 6.07) is 8.31. The Balaban J connectivity index is 1.94. The highest BCUT2D eigenvalue weighted by Gasteiger charge is 2.21. The van der Waals surface area contributed by atoms with Gasteiger partial charge in [-0.15, -0.1) is 0 Å². The van der Waals surface area contributed by atoms with E-state index in [2.05, 4.69) is 15.8 Å². The smallest absolute Gasteiger partial charge is 0.278 e. The number of halogens is 1. The summed E-state index contributed by atoms with van der Waals surface area (Å²) in [6.07, 6.45) is -1.11. The molecule has 7 nitrogen and oxygen atoms in total. The highest BCUT2D eigenvalue weighted by Crippen LogP contribution is 2.37. The molecule has 1 aromatic carbocycles. The van der Waals surface area contributed by atoms with Gasteiger partial charge in [0.15, 0.2) is 0 Å². The molecule has 0 unspecified atom stereocenters. The maximum atomic E-state index is 14.3.